The van der Waals surface area contributed by atoms with E-state index in [1.807, 2.05) is 18.2 Å². The molecule has 2 rings (SSSR count). The Kier molecular flexibility index (Phi) is 7.04. The van der Waals surface area contributed by atoms with E-state index in [2.05, 4.69) is 61.0 Å². The van der Waals surface area contributed by atoms with Crippen molar-refractivity contribution in [2.24, 2.45) is 0 Å². The molecule has 2 aromatic carbocycles. The SMILES string of the molecule is CCOC(=O)C=Cc1cc(Br)ccc1OCc1ccc(C(C)(C)C)cc1. The van der Waals surface area contributed by atoms with Gasteiger partial charge in [-0.05, 0) is 47.7 Å². The van der Waals surface area contributed by atoms with Gasteiger partial charge in [0.1, 0.15) is 12.4 Å². The minimum Gasteiger partial charge on any atom is -0.488 e. The lowest BCUT2D eigenvalue weighted by Crippen LogP contribution is -2.10. The van der Waals surface area contributed by atoms with Crippen molar-refractivity contribution in [3.63, 3.8) is 0 Å². The minimum absolute atomic E-state index is 0.135. The van der Waals surface area contributed by atoms with E-state index in [0.29, 0.717) is 19.0 Å². The fourth-order valence-corrected chi connectivity index (χ4v) is 2.77. The van der Waals surface area contributed by atoms with Crippen molar-refractivity contribution in [2.45, 2.75) is 39.7 Å². The molecule has 0 fully saturated rings. The summed E-state index contributed by atoms with van der Waals surface area (Å²) in [7, 11) is 0. The van der Waals surface area contributed by atoms with Crippen LogP contribution in [0.15, 0.2) is 53.0 Å². The van der Waals surface area contributed by atoms with Gasteiger partial charge in [-0.3, -0.25) is 0 Å². The van der Waals surface area contributed by atoms with E-state index in [-0.39, 0.29) is 11.4 Å². The molecule has 0 saturated heterocycles. The molecule has 0 aliphatic heterocycles. The van der Waals surface area contributed by atoms with Gasteiger partial charge >= 0.3 is 5.97 Å². The normalized spacial score (nSPS) is 11.6. The van der Waals surface area contributed by atoms with E-state index in [1.54, 1.807) is 13.0 Å². The van der Waals surface area contributed by atoms with Crippen LogP contribution in [0.4, 0.5) is 0 Å². The van der Waals surface area contributed by atoms with Crippen molar-refractivity contribution < 1.29 is 14.3 Å². The Balaban J connectivity index is 2.10. The minimum atomic E-state index is -0.365. The van der Waals surface area contributed by atoms with E-state index in [0.717, 1.165) is 15.6 Å². The Hall–Kier alpha value is -2.07. The van der Waals surface area contributed by atoms with Crippen molar-refractivity contribution in [1.29, 1.82) is 0 Å². The third-order valence-corrected chi connectivity index (χ3v) is 4.36. The summed E-state index contributed by atoms with van der Waals surface area (Å²) >= 11 is 3.45. The van der Waals surface area contributed by atoms with Crippen molar-refractivity contribution in [2.75, 3.05) is 6.61 Å². The quantitative estimate of drug-likeness (QED) is 0.434. The Morgan fingerprint density at radius 3 is 2.42 bits per heavy atom. The first-order valence-electron chi connectivity index (χ1n) is 8.66. The molecule has 0 bridgehead atoms. The van der Waals surface area contributed by atoms with Crippen LogP contribution in [-0.4, -0.2) is 12.6 Å². The lowest BCUT2D eigenvalue weighted by molar-refractivity contribution is -0.137. The summed E-state index contributed by atoms with van der Waals surface area (Å²) in [5.74, 6) is 0.352. The van der Waals surface area contributed by atoms with E-state index in [4.69, 9.17) is 9.47 Å². The van der Waals surface area contributed by atoms with Crippen molar-refractivity contribution in [3.05, 3.63) is 69.7 Å². The van der Waals surface area contributed by atoms with Crippen LogP contribution in [0, 0.1) is 0 Å². The third kappa shape index (κ3) is 6.03. The first kappa shape index (κ1) is 20.2. The number of hydrogen-bond acceptors (Lipinski definition) is 3. The molecular formula is C22H25BrO3. The zero-order valence-corrected chi connectivity index (χ0v) is 17.3. The van der Waals surface area contributed by atoms with Crippen LogP contribution in [0.3, 0.4) is 0 Å². The van der Waals surface area contributed by atoms with Gasteiger partial charge in [-0.2, -0.15) is 0 Å². The molecule has 0 N–H and O–H groups in total. The van der Waals surface area contributed by atoms with Gasteiger partial charge in [0.15, 0.2) is 0 Å². The number of halogens is 1. The summed E-state index contributed by atoms with van der Waals surface area (Å²) in [4.78, 5) is 11.5. The zero-order valence-electron chi connectivity index (χ0n) is 15.7. The Labute approximate surface area is 164 Å². The van der Waals surface area contributed by atoms with Gasteiger partial charge in [0.25, 0.3) is 0 Å². The van der Waals surface area contributed by atoms with Gasteiger partial charge in [-0.25, -0.2) is 4.79 Å². The second kappa shape index (κ2) is 9.04. The summed E-state index contributed by atoms with van der Waals surface area (Å²) in [5.41, 5.74) is 3.35. The van der Waals surface area contributed by atoms with Crippen LogP contribution in [0.1, 0.15) is 44.4 Å². The highest BCUT2D eigenvalue weighted by Crippen LogP contribution is 2.26. The topological polar surface area (TPSA) is 35.5 Å². The summed E-state index contributed by atoms with van der Waals surface area (Å²) in [6.07, 6.45) is 3.12. The number of carbonyl (C=O) groups is 1. The predicted molar refractivity (Wildman–Crippen MR) is 109 cm³/mol. The molecule has 0 atom stereocenters. The number of esters is 1. The number of carbonyl (C=O) groups excluding carboxylic acids is 1. The monoisotopic (exact) mass is 416 g/mol. The summed E-state index contributed by atoms with van der Waals surface area (Å²) in [6, 6.07) is 14.2. The highest BCUT2D eigenvalue weighted by molar-refractivity contribution is 9.10. The maximum atomic E-state index is 11.5. The van der Waals surface area contributed by atoms with Gasteiger partial charge in [-0.15, -0.1) is 0 Å². The van der Waals surface area contributed by atoms with Crippen LogP contribution < -0.4 is 4.74 Å². The van der Waals surface area contributed by atoms with Crippen molar-refractivity contribution in [1.82, 2.24) is 0 Å². The Bertz CT molecular complexity index is 771. The Morgan fingerprint density at radius 2 is 1.81 bits per heavy atom. The van der Waals surface area contributed by atoms with Gasteiger partial charge in [0.2, 0.25) is 0 Å². The average molecular weight is 417 g/mol. The fourth-order valence-electron chi connectivity index (χ4n) is 2.39. The number of rotatable bonds is 6. The van der Waals surface area contributed by atoms with Crippen LogP contribution in [0.5, 0.6) is 5.75 Å². The predicted octanol–water partition coefficient (Wildman–Crippen LogP) is 5.90. The van der Waals surface area contributed by atoms with Crippen LogP contribution in [0.2, 0.25) is 0 Å². The molecule has 0 aliphatic rings. The molecule has 26 heavy (non-hydrogen) atoms. The smallest absolute Gasteiger partial charge is 0.330 e. The molecule has 0 amide bonds. The van der Waals surface area contributed by atoms with Crippen molar-refractivity contribution >= 4 is 28.0 Å². The number of ether oxygens (including phenoxy) is 2. The maximum Gasteiger partial charge on any atom is 0.330 e. The average Bonchev–Trinajstić information content (AvgIpc) is 2.59. The van der Waals surface area contributed by atoms with E-state index >= 15 is 0 Å². The van der Waals surface area contributed by atoms with Crippen LogP contribution in [0.25, 0.3) is 6.08 Å². The van der Waals surface area contributed by atoms with Gasteiger partial charge in [0.05, 0.1) is 6.61 Å². The largest absolute Gasteiger partial charge is 0.488 e. The second-order valence-corrected chi connectivity index (χ2v) is 7.92. The lowest BCUT2D eigenvalue weighted by Gasteiger charge is -2.19. The first-order valence-corrected chi connectivity index (χ1v) is 9.45. The molecule has 0 heterocycles. The molecule has 0 aromatic heterocycles. The first-order chi connectivity index (χ1) is 12.3. The molecule has 0 radical (unpaired) electrons. The molecule has 3 nitrogen and oxygen atoms in total. The van der Waals surface area contributed by atoms with E-state index in [9.17, 15) is 4.79 Å². The fraction of sp³-hybridized carbons (Fsp3) is 0.318. The van der Waals surface area contributed by atoms with Crippen molar-refractivity contribution in [3.8, 4) is 5.75 Å². The molecule has 0 saturated carbocycles. The molecule has 0 aliphatic carbocycles. The molecule has 0 unspecified atom stereocenters. The van der Waals surface area contributed by atoms with Gasteiger partial charge in [0, 0.05) is 16.1 Å². The van der Waals surface area contributed by atoms with Gasteiger partial charge in [-0.1, -0.05) is 61.0 Å². The summed E-state index contributed by atoms with van der Waals surface area (Å²) in [6.45, 7) is 9.19. The maximum absolute atomic E-state index is 11.5. The zero-order chi connectivity index (χ0) is 19.2. The molecule has 138 valence electrons. The highest BCUT2D eigenvalue weighted by atomic mass is 79.9. The Morgan fingerprint density at radius 1 is 1.12 bits per heavy atom. The van der Waals surface area contributed by atoms with Crippen LogP contribution in [-0.2, 0) is 21.6 Å². The number of benzene rings is 2. The second-order valence-electron chi connectivity index (χ2n) is 7.00. The lowest BCUT2D eigenvalue weighted by atomic mass is 9.87. The van der Waals surface area contributed by atoms with Gasteiger partial charge < -0.3 is 9.47 Å². The van der Waals surface area contributed by atoms with E-state index in [1.165, 1.54) is 11.6 Å². The molecular weight excluding hydrogens is 392 g/mol. The standard InChI is InChI=1S/C22H25BrO3/c1-5-25-21(24)13-8-17-14-19(23)11-12-20(17)26-15-16-6-9-18(10-7-16)22(2,3)4/h6-14H,5,15H2,1-4H3. The van der Waals surface area contributed by atoms with Crippen LogP contribution >= 0.6 is 15.9 Å². The summed E-state index contributed by atoms with van der Waals surface area (Å²) in [5, 5.41) is 0. The molecule has 2 aromatic rings. The number of hydrogen-bond donors (Lipinski definition) is 0. The molecule has 4 heteroatoms. The summed E-state index contributed by atoms with van der Waals surface area (Å²) < 4.78 is 11.8. The third-order valence-electron chi connectivity index (χ3n) is 3.87. The highest BCUT2D eigenvalue weighted by Gasteiger charge is 2.13. The van der Waals surface area contributed by atoms with E-state index < -0.39 is 0 Å². The molecule has 0 spiro atoms.